The molecule has 0 radical (unpaired) electrons. The van der Waals surface area contributed by atoms with Gasteiger partial charge >= 0.3 is 11.9 Å². The van der Waals surface area contributed by atoms with Crippen molar-refractivity contribution in [3.8, 4) is 0 Å². The summed E-state index contributed by atoms with van der Waals surface area (Å²) >= 11 is 4.00. The van der Waals surface area contributed by atoms with Gasteiger partial charge in [0.1, 0.15) is 18.1 Å². The summed E-state index contributed by atoms with van der Waals surface area (Å²) in [7, 11) is 0. The van der Waals surface area contributed by atoms with Gasteiger partial charge in [0, 0.05) is 18.6 Å². The van der Waals surface area contributed by atoms with Crippen LogP contribution in [0.4, 0.5) is 0 Å². The van der Waals surface area contributed by atoms with E-state index in [1.54, 1.807) is 13.8 Å². The monoisotopic (exact) mass is 491 g/mol. The van der Waals surface area contributed by atoms with Crippen LogP contribution >= 0.6 is 12.6 Å². The lowest BCUT2D eigenvalue weighted by Gasteiger charge is -2.26. The maximum Gasteiger partial charge on any atom is 0.326 e. The number of rotatable bonds is 16. The van der Waals surface area contributed by atoms with Crippen LogP contribution in [0.25, 0.3) is 0 Å². The normalized spacial score (nSPS) is 15.3. The molecule has 0 aliphatic carbocycles. The number of primary amides is 1. The van der Waals surface area contributed by atoms with E-state index in [4.69, 9.17) is 16.6 Å². The Morgan fingerprint density at radius 3 is 1.88 bits per heavy atom. The van der Waals surface area contributed by atoms with Crippen molar-refractivity contribution in [3.05, 3.63) is 0 Å². The molecule has 0 rings (SSSR count). The third-order valence-electron chi connectivity index (χ3n) is 4.91. The van der Waals surface area contributed by atoms with Crippen LogP contribution < -0.4 is 27.4 Å². The van der Waals surface area contributed by atoms with Crippen LogP contribution in [0.15, 0.2) is 0 Å². The lowest BCUT2D eigenvalue weighted by atomic mass is 9.98. The molecule has 0 aromatic carbocycles. The van der Waals surface area contributed by atoms with E-state index in [0.29, 0.717) is 6.42 Å². The first-order valence-electron chi connectivity index (χ1n) is 10.3. The molecule has 0 aliphatic rings. The van der Waals surface area contributed by atoms with Crippen LogP contribution in [0.3, 0.4) is 0 Å². The molecule has 5 unspecified atom stereocenters. The smallest absolute Gasteiger partial charge is 0.326 e. The minimum absolute atomic E-state index is 0.0437. The number of carboxylic acid groups (broad SMARTS) is 2. The Labute approximate surface area is 196 Å². The average molecular weight is 492 g/mol. The lowest BCUT2D eigenvalue weighted by Crippen LogP contribution is -2.58. The maximum absolute atomic E-state index is 12.7. The number of hydrogen-bond acceptors (Lipinski definition) is 8. The van der Waals surface area contributed by atoms with E-state index in [2.05, 4.69) is 28.6 Å². The van der Waals surface area contributed by atoms with Crippen LogP contribution in [-0.4, -0.2) is 75.7 Å². The highest BCUT2D eigenvalue weighted by molar-refractivity contribution is 7.80. The number of carbonyl (C=O) groups excluding carboxylic acids is 4. The highest BCUT2D eigenvalue weighted by Gasteiger charge is 2.31. The van der Waals surface area contributed by atoms with Crippen molar-refractivity contribution >= 4 is 48.2 Å². The molecule has 0 saturated carbocycles. The minimum atomic E-state index is -1.37. The summed E-state index contributed by atoms with van der Waals surface area (Å²) in [5.41, 5.74) is 10.7. The van der Waals surface area contributed by atoms with E-state index in [1.807, 2.05) is 0 Å². The van der Waals surface area contributed by atoms with Crippen LogP contribution in [0.2, 0.25) is 0 Å². The van der Waals surface area contributed by atoms with Crippen molar-refractivity contribution in [1.29, 1.82) is 0 Å². The van der Waals surface area contributed by atoms with Gasteiger partial charge < -0.3 is 37.6 Å². The molecule has 4 amide bonds. The van der Waals surface area contributed by atoms with Gasteiger partial charge in [-0.25, -0.2) is 4.79 Å². The first kappa shape index (κ1) is 30.1. The van der Waals surface area contributed by atoms with Gasteiger partial charge in [-0.05, 0) is 18.8 Å². The van der Waals surface area contributed by atoms with Gasteiger partial charge in [0.05, 0.1) is 6.04 Å². The molecule has 0 heterocycles. The van der Waals surface area contributed by atoms with Crippen molar-refractivity contribution in [3.63, 3.8) is 0 Å². The molecule has 0 bridgehead atoms. The molecular weight excluding hydrogens is 458 g/mol. The van der Waals surface area contributed by atoms with E-state index < -0.39 is 72.1 Å². The number of carboxylic acids is 2. The number of nitrogens with one attached hydrogen (secondary N) is 3. The molecule has 0 aromatic heterocycles. The standard InChI is InChI=1S/C19H33N5O8S/c1-3-9(2)15(19(31)32)24-17(29)11(5-7-14(26)27)22-18(30)12(8-33)23-16(28)10(20)4-6-13(21)25/h9-12,15,33H,3-8,20H2,1-2H3,(H2,21,25)(H,22,30)(H,23,28)(H,24,29)(H,26,27)(H,31,32). The quantitative estimate of drug-likeness (QED) is 0.111. The molecule has 0 saturated heterocycles. The van der Waals surface area contributed by atoms with E-state index in [9.17, 15) is 33.9 Å². The summed E-state index contributed by atoms with van der Waals surface area (Å²) < 4.78 is 0. The molecule has 14 heteroatoms. The molecule has 0 fully saturated rings. The van der Waals surface area contributed by atoms with E-state index in [1.165, 1.54) is 0 Å². The Kier molecular flexibility index (Phi) is 13.7. The Bertz CT molecular complexity index is 735. The van der Waals surface area contributed by atoms with E-state index in [-0.39, 0.29) is 25.0 Å². The van der Waals surface area contributed by atoms with Gasteiger partial charge in [-0.1, -0.05) is 20.3 Å². The second-order valence-electron chi connectivity index (χ2n) is 7.56. The topological polar surface area (TPSA) is 231 Å². The molecule has 0 aromatic rings. The lowest BCUT2D eigenvalue weighted by molar-refractivity contribution is -0.144. The zero-order valence-corrected chi connectivity index (χ0v) is 19.5. The number of aliphatic carboxylic acids is 2. The van der Waals surface area contributed by atoms with Gasteiger partial charge in [-0.15, -0.1) is 0 Å². The first-order valence-corrected chi connectivity index (χ1v) is 11.0. The van der Waals surface area contributed by atoms with Gasteiger partial charge in [-0.2, -0.15) is 12.6 Å². The summed E-state index contributed by atoms with van der Waals surface area (Å²) in [5, 5.41) is 25.3. The maximum atomic E-state index is 12.7. The van der Waals surface area contributed by atoms with Gasteiger partial charge in [-0.3, -0.25) is 24.0 Å². The fourth-order valence-corrected chi connectivity index (χ4v) is 2.90. The van der Waals surface area contributed by atoms with Gasteiger partial charge in [0.2, 0.25) is 23.6 Å². The average Bonchev–Trinajstić information content (AvgIpc) is 2.75. The molecule has 0 aliphatic heterocycles. The van der Waals surface area contributed by atoms with Crippen LogP contribution in [0.1, 0.15) is 46.0 Å². The SMILES string of the molecule is CCC(C)C(NC(=O)C(CCC(=O)O)NC(=O)C(CS)NC(=O)C(N)CCC(N)=O)C(=O)O. The number of amides is 4. The Morgan fingerprint density at radius 2 is 1.42 bits per heavy atom. The number of nitrogens with two attached hydrogens (primary N) is 2. The summed E-state index contributed by atoms with van der Waals surface area (Å²) in [6.45, 7) is 3.36. The third-order valence-corrected chi connectivity index (χ3v) is 5.28. The largest absolute Gasteiger partial charge is 0.481 e. The molecular formula is C19H33N5O8S. The molecule has 0 spiro atoms. The van der Waals surface area contributed by atoms with Gasteiger partial charge in [0.15, 0.2) is 0 Å². The second kappa shape index (κ2) is 15.1. The molecule has 5 atom stereocenters. The van der Waals surface area contributed by atoms with Crippen molar-refractivity contribution in [2.24, 2.45) is 17.4 Å². The van der Waals surface area contributed by atoms with E-state index in [0.717, 1.165) is 0 Å². The zero-order chi connectivity index (χ0) is 25.7. The minimum Gasteiger partial charge on any atom is -0.481 e. The van der Waals surface area contributed by atoms with Crippen molar-refractivity contribution < 1.29 is 39.0 Å². The summed E-state index contributed by atoms with van der Waals surface area (Å²) in [6, 6.07) is -4.96. The van der Waals surface area contributed by atoms with Crippen molar-refractivity contribution in [1.82, 2.24) is 16.0 Å². The fraction of sp³-hybridized carbons (Fsp3) is 0.684. The predicted octanol–water partition coefficient (Wildman–Crippen LogP) is -2.04. The second-order valence-corrected chi connectivity index (χ2v) is 7.92. The van der Waals surface area contributed by atoms with Crippen LogP contribution in [0, 0.1) is 5.92 Å². The summed E-state index contributed by atoms with van der Waals surface area (Å²) in [5.74, 6) is -6.22. The Morgan fingerprint density at radius 1 is 0.879 bits per heavy atom. The zero-order valence-electron chi connectivity index (χ0n) is 18.6. The highest BCUT2D eigenvalue weighted by Crippen LogP contribution is 2.09. The predicted molar refractivity (Wildman–Crippen MR) is 120 cm³/mol. The number of carbonyl (C=O) groups is 6. The highest BCUT2D eigenvalue weighted by atomic mass is 32.1. The van der Waals surface area contributed by atoms with Crippen LogP contribution in [-0.2, 0) is 28.8 Å². The van der Waals surface area contributed by atoms with E-state index >= 15 is 0 Å². The first-order chi connectivity index (χ1) is 15.3. The fourth-order valence-electron chi connectivity index (χ4n) is 2.65. The Balaban J connectivity index is 5.35. The Hall–Kier alpha value is -2.87. The molecule has 33 heavy (non-hydrogen) atoms. The third kappa shape index (κ3) is 11.5. The van der Waals surface area contributed by atoms with Crippen molar-refractivity contribution in [2.75, 3.05) is 5.75 Å². The molecule has 13 nitrogen and oxygen atoms in total. The number of thiol groups is 1. The molecule has 188 valence electrons. The number of hydrogen-bond donors (Lipinski definition) is 8. The van der Waals surface area contributed by atoms with Crippen LogP contribution in [0.5, 0.6) is 0 Å². The molecule has 9 N–H and O–H groups in total. The summed E-state index contributed by atoms with van der Waals surface area (Å²) in [4.78, 5) is 70.7. The van der Waals surface area contributed by atoms with Crippen molar-refractivity contribution in [2.45, 2.75) is 70.1 Å². The summed E-state index contributed by atoms with van der Waals surface area (Å²) in [6.07, 6.45) is -0.518. The van der Waals surface area contributed by atoms with Gasteiger partial charge in [0.25, 0.3) is 0 Å².